The maximum absolute atomic E-state index is 13.9. The molecule has 3 rings (SSSR count). The molecule has 0 unspecified atom stereocenters. The van der Waals surface area contributed by atoms with Crippen LogP contribution in [0.2, 0.25) is 0 Å². The van der Waals surface area contributed by atoms with Crippen molar-refractivity contribution in [2.45, 2.75) is 18.9 Å². The van der Waals surface area contributed by atoms with Gasteiger partial charge >= 0.3 is 0 Å². The minimum absolute atomic E-state index is 0.119. The van der Waals surface area contributed by atoms with Gasteiger partial charge in [0.25, 0.3) is 5.91 Å². The number of hydrogen-bond acceptors (Lipinski definition) is 3. The Morgan fingerprint density at radius 3 is 2.72 bits per heavy atom. The Morgan fingerprint density at radius 2 is 2.00 bits per heavy atom. The Labute approximate surface area is 155 Å². The monoisotopic (exact) mass is 406 g/mol. The summed E-state index contributed by atoms with van der Waals surface area (Å²) in [5.74, 6) is 0.0752. The van der Waals surface area contributed by atoms with Crippen LogP contribution in [0.5, 0.6) is 5.75 Å². The number of likely N-dealkylation sites (tertiary alicyclic amines) is 1. The molecule has 25 heavy (non-hydrogen) atoms. The average molecular weight is 407 g/mol. The molecule has 2 aromatic carbocycles. The first-order chi connectivity index (χ1) is 12.1. The van der Waals surface area contributed by atoms with Crippen LogP contribution in [0.4, 0.5) is 10.1 Å². The van der Waals surface area contributed by atoms with E-state index in [0.29, 0.717) is 17.6 Å². The molecule has 1 saturated heterocycles. The summed E-state index contributed by atoms with van der Waals surface area (Å²) in [7, 11) is 1.64. The van der Waals surface area contributed by atoms with E-state index in [1.54, 1.807) is 18.1 Å². The molecule has 1 amide bonds. The molecular formula is C19H20BrFN2O2. The molecule has 6 heteroatoms. The van der Waals surface area contributed by atoms with E-state index in [0.717, 1.165) is 24.3 Å². The summed E-state index contributed by atoms with van der Waals surface area (Å²) >= 11 is 3.29. The summed E-state index contributed by atoms with van der Waals surface area (Å²) in [6, 6.07) is 12.5. The van der Waals surface area contributed by atoms with Crippen LogP contribution in [0.15, 0.2) is 46.9 Å². The van der Waals surface area contributed by atoms with Gasteiger partial charge in [0.15, 0.2) is 0 Å². The predicted molar refractivity (Wildman–Crippen MR) is 99.6 cm³/mol. The molecule has 0 atom stereocenters. The zero-order valence-corrected chi connectivity index (χ0v) is 15.6. The number of benzene rings is 2. The van der Waals surface area contributed by atoms with Crippen molar-refractivity contribution in [1.29, 1.82) is 0 Å². The van der Waals surface area contributed by atoms with Crippen molar-refractivity contribution in [2.75, 3.05) is 25.5 Å². The van der Waals surface area contributed by atoms with E-state index in [4.69, 9.17) is 4.74 Å². The number of ether oxygens (including phenoxy) is 1. The summed E-state index contributed by atoms with van der Waals surface area (Å²) < 4.78 is 19.8. The molecule has 1 aliphatic rings. The van der Waals surface area contributed by atoms with Gasteiger partial charge in [-0.25, -0.2) is 4.39 Å². The van der Waals surface area contributed by atoms with Crippen molar-refractivity contribution in [3.63, 3.8) is 0 Å². The lowest BCUT2D eigenvalue weighted by Gasteiger charge is -2.33. The van der Waals surface area contributed by atoms with Crippen molar-refractivity contribution in [3.05, 3.63) is 58.3 Å². The fourth-order valence-electron chi connectivity index (χ4n) is 3.01. The van der Waals surface area contributed by atoms with E-state index in [9.17, 15) is 9.18 Å². The topological polar surface area (TPSA) is 41.6 Å². The average Bonchev–Trinajstić information content (AvgIpc) is 2.64. The fourth-order valence-corrected chi connectivity index (χ4v) is 3.37. The molecule has 0 bridgehead atoms. The van der Waals surface area contributed by atoms with Crippen molar-refractivity contribution in [1.82, 2.24) is 4.90 Å². The zero-order chi connectivity index (χ0) is 17.8. The fraction of sp³-hybridized carbons (Fsp3) is 0.316. The Bertz CT molecular complexity index is 761. The highest BCUT2D eigenvalue weighted by Gasteiger charge is 2.25. The van der Waals surface area contributed by atoms with Gasteiger partial charge in [0.05, 0.1) is 12.7 Å². The number of nitrogens with one attached hydrogen (secondary N) is 1. The second-order valence-corrected chi connectivity index (χ2v) is 6.98. The molecule has 1 heterocycles. The number of amides is 1. The summed E-state index contributed by atoms with van der Waals surface area (Å²) in [5.41, 5.74) is 1.12. The second-order valence-electron chi connectivity index (χ2n) is 6.07. The van der Waals surface area contributed by atoms with E-state index in [2.05, 4.69) is 21.2 Å². The highest BCUT2D eigenvalue weighted by atomic mass is 79.9. The van der Waals surface area contributed by atoms with Gasteiger partial charge in [-0.15, -0.1) is 0 Å². The first kappa shape index (κ1) is 17.7. The third-order valence-corrected chi connectivity index (χ3v) is 4.87. The lowest BCUT2D eigenvalue weighted by atomic mass is 10.0. The molecule has 0 radical (unpaired) electrons. The maximum atomic E-state index is 13.9. The highest BCUT2D eigenvalue weighted by Crippen LogP contribution is 2.23. The van der Waals surface area contributed by atoms with Crippen molar-refractivity contribution >= 4 is 27.5 Å². The molecule has 1 N–H and O–H groups in total. The van der Waals surface area contributed by atoms with Crippen LogP contribution in [0.25, 0.3) is 0 Å². The Morgan fingerprint density at radius 1 is 1.24 bits per heavy atom. The van der Waals surface area contributed by atoms with E-state index >= 15 is 0 Å². The lowest BCUT2D eigenvalue weighted by Crippen LogP contribution is -2.42. The van der Waals surface area contributed by atoms with Crippen molar-refractivity contribution < 1.29 is 13.9 Å². The Kier molecular flexibility index (Phi) is 5.58. The number of nitrogens with zero attached hydrogens (tertiary/aromatic N) is 1. The molecule has 0 aromatic heterocycles. The molecule has 0 aliphatic carbocycles. The highest BCUT2D eigenvalue weighted by molar-refractivity contribution is 9.10. The molecule has 1 fully saturated rings. The Balaban J connectivity index is 1.59. The molecule has 0 saturated carbocycles. The van der Waals surface area contributed by atoms with Crippen LogP contribution in [0.3, 0.4) is 0 Å². The Hall–Kier alpha value is -2.08. The van der Waals surface area contributed by atoms with Crippen LogP contribution >= 0.6 is 15.9 Å². The summed E-state index contributed by atoms with van der Waals surface area (Å²) in [4.78, 5) is 14.3. The standard InChI is InChI=1S/C19H20BrFN2O2/c1-25-16-4-2-3-15(12-16)22-14-7-9-23(10-8-14)19(24)17-11-13(20)5-6-18(17)21/h2-6,11-12,14,22H,7-10H2,1H3. The third kappa shape index (κ3) is 4.31. The maximum Gasteiger partial charge on any atom is 0.256 e. The first-order valence-electron chi connectivity index (χ1n) is 8.22. The van der Waals surface area contributed by atoms with Gasteiger partial charge in [-0.3, -0.25) is 4.79 Å². The molecular weight excluding hydrogens is 387 g/mol. The van der Waals surface area contributed by atoms with Crippen LogP contribution < -0.4 is 10.1 Å². The van der Waals surface area contributed by atoms with Gasteiger partial charge in [-0.05, 0) is 43.2 Å². The van der Waals surface area contributed by atoms with Crippen LogP contribution in [0, 0.1) is 5.82 Å². The van der Waals surface area contributed by atoms with Gasteiger partial charge in [0.2, 0.25) is 0 Å². The van der Waals surface area contributed by atoms with Crippen molar-refractivity contribution in [3.8, 4) is 5.75 Å². The van der Waals surface area contributed by atoms with E-state index < -0.39 is 5.82 Å². The zero-order valence-electron chi connectivity index (χ0n) is 14.0. The quantitative estimate of drug-likeness (QED) is 0.821. The minimum atomic E-state index is -0.482. The van der Waals surface area contributed by atoms with E-state index in [-0.39, 0.29) is 17.5 Å². The number of halogens is 2. The van der Waals surface area contributed by atoms with Crippen LogP contribution in [0.1, 0.15) is 23.2 Å². The molecule has 2 aromatic rings. The molecule has 132 valence electrons. The lowest BCUT2D eigenvalue weighted by molar-refractivity contribution is 0.0713. The van der Waals surface area contributed by atoms with Crippen molar-refractivity contribution in [2.24, 2.45) is 0 Å². The van der Waals surface area contributed by atoms with Crippen LogP contribution in [-0.2, 0) is 0 Å². The largest absolute Gasteiger partial charge is 0.497 e. The van der Waals surface area contributed by atoms with Gasteiger partial charge in [0, 0.05) is 35.4 Å². The number of methoxy groups -OCH3 is 1. The van der Waals surface area contributed by atoms with Gasteiger partial charge < -0.3 is 15.0 Å². The van der Waals surface area contributed by atoms with Gasteiger partial charge in [-0.1, -0.05) is 22.0 Å². The first-order valence-corrected chi connectivity index (χ1v) is 9.01. The predicted octanol–water partition coefficient (Wildman–Crippen LogP) is 4.31. The normalized spacial score (nSPS) is 15.1. The van der Waals surface area contributed by atoms with E-state index in [1.165, 1.54) is 12.1 Å². The van der Waals surface area contributed by atoms with Gasteiger partial charge in [-0.2, -0.15) is 0 Å². The molecule has 1 aliphatic heterocycles. The van der Waals surface area contributed by atoms with Gasteiger partial charge in [0.1, 0.15) is 11.6 Å². The second kappa shape index (κ2) is 7.87. The smallest absolute Gasteiger partial charge is 0.256 e. The molecule has 0 spiro atoms. The number of hydrogen-bond donors (Lipinski definition) is 1. The molecule has 4 nitrogen and oxygen atoms in total. The van der Waals surface area contributed by atoms with Crippen LogP contribution in [-0.4, -0.2) is 37.0 Å². The third-order valence-electron chi connectivity index (χ3n) is 4.38. The van der Waals surface area contributed by atoms with E-state index in [1.807, 2.05) is 24.3 Å². The summed E-state index contributed by atoms with van der Waals surface area (Å²) in [6.45, 7) is 1.21. The number of rotatable bonds is 4. The SMILES string of the molecule is COc1cccc(NC2CCN(C(=O)c3cc(Br)ccc3F)CC2)c1. The summed E-state index contributed by atoms with van der Waals surface area (Å²) in [5, 5.41) is 3.48. The number of carbonyl (C=O) groups excluding carboxylic acids is 1. The summed E-state index contributed by atoms with van der Waals surface area (Å²) in [6.07, 6.45) is 1.64. The number of piperidine rings is 1. The minimum Gasteiger partial charge on any atom is -0.497 e. The number of anilines is 1. The number of carbonyl (C=O) groups is 1.